The average molecular weight is 165 g/mol. The van der Waals surface area contributed by atoms with Gasteiger partial charge in [-0.2, -0.15) is 0 Å². The van der Waals surface area contributed by atoms with Crippen LogP contribution in [0.2, 0.25) is 0 Å². The van der Waals surface area contributed by atoms with E-state index in [0.29, 0.717) is 13.2 Å². The number of fused-ring (bicyclic) bond motifs is 1. The standard InChI is InChI=1S/C9H11NO2/c10-4-6-1-2-7-8(11)5-12-9(7)3-6/h1-3,8,11H,4-5,10H2. The van der Waals surface area contributed by atoms with Gasteiger partial charge in [-0.3, -0.25) is 0 Å². The number of aliphatic hydroxyl groups excluding tert-OH is 1. The monoisotopic (exact) mass is 165 g/mol. The summed E-state index contributed by atoms with van der Waals surface area (Å²) in [6.07, 6.45) is -0.466. The zero-order valence-corrected chi connectivity index (χ0v) is 6.66. The molecule has 2 rings (SSSR count). The molecule has 1 aromatic rings. The van der Waals surface area contributed by atoms with E-state index in [4.69, 9.17) is 10.5 Å². The zero-order valence-electron chi connectivity index (χ0n) is 6.66. The summed E-state index contributed by atoms with van der Waals surface area (Å²) >= 11 is 0. The Balaban J connectivity index is 2.41. The van der Waals surface area contributed by atoms with Gasteiger partial charge in [-0.15, -0.1) is 0 Å². The summed E-state index contributed by atoms with van der Waals surface area (Å²) in [4.78, 5) is 0. The summed E-state index contributed by atoms with van der Waals surface area (Å²) in [5.41, 5.74) is 7.36. The van der Waals surface area contributed by atoms with Crippen molar-refractivity contribution >= 4 is 0 Å². The molecule has 1 aromatic carbocycles. The summed E-state index contributed by atoms with van der Waals surface area (Å²) in [6.45, 7) is 0.871. The second-order valence-electron chi connectivity index (χ2n) is 2.90. The second kappa shape index (κ2) is 2.77. The van der Waals surface area contributed by atoms with Crippen molar-refractivity contribution in [2.45, 2.75) is 12.6 Å². The highest BCUT2D eigenvalue weighted by Gasteiger charge is 2.21. The number of ether oxygens (including phenoxy) is 1. The Morgan fingerprint density at radius 1 is 1.58 bits per heavy atom. The van der Waals surface area contributed by atoms with E-state index in [0.717, 1.165) is 16.9 Å². The topological polar surface area (TPSA) is 55.5 Å². The molecule has 0 radical (unpaired) electrons. The lowest BCUT2D eigenvalue weighted by Crippen LogP contribution is -1.97. The Hall–Kier alpha value is -1.06. The van der Waals surface area contributed by atoms with Crippen LogP contribution in [0.3, 0.4) is 0 Å². The van der Waals surface area contributed by atoms with Crippen LogP contribution >= 0.6 is 0 Å². The van der Waals surface area contributed by atoms with Crippen LogP contribution in [0.4, 0.5) is 0 Å². The molecule has 1 unspecified atom stereocenters. The molecule has 3 N–H and O–H groups in total. The number of hydrogen-bond acceptors (Lipinski definition) is 3. The Bertz CT molecular complexity index is 299. The van der Waals surface area contributed by atoms with Gasteiger partial charge in [-0.05, 0) is 11.6 Å². The van der Waals surface area contributed by atoms with E-state index < -0.39 is 6.10 Å². The lowest BCUT2D eigenvalue weighted by atomic mass is 10.1. The highest BCUT2D eigenvalue weighted by molar-refractivity contribution is 5.41. The third-order valence-electron chi connectivity index (χ3n) is 2.07. The van der Waals surface area contributed by atoms with E-state index in [1.807, 2.05) is 18.2 Å². The van der Waals surface area contributed by atoms with Crippen molar-refractivity contribution in [2.24, 2.45) is 5.73 Å². The maximum Gasteiger partial charge on any atom is 0.125 e. The van der Waals surface area contributed by atoms with Crippen LogP contribution < -0.4 is 10.5 Å². The first-order valence-electron chi connectivity index (χ1n) is 3.95. The number of aliphatic hydroxyl groups is 1. The largest absolute Gasteiger partial charge is 0.490 e. The molecule has 1 aliphatic heterocycles. The molecule has 3 nitrogen and oxygen atoms in total. The second-order valence-corrected chi connectivity index (χ2v) is 2.90. The van der Waals surface area contributed by atoms with Crippen molar-refractivity contribution in [3.8, 4) is 5.75 Å². The molecule has 0 aromatic heterocycles. The summed E-state index contributed by atoms with van der Waals surface area (Å²) < 4.78 is 5.25. The maximum absolute atomic E-state index is 9.39. The summed E-state index contributed by atoms with van der Waals surface area (Å²) in [7, 11) is 0. The molecule has 0 fully saturated rings. The minimum absolute atomic E-state index is 0.364. The van der Waals surface area contributed by atoms with E-state index in [-0.39, 0.29) is 0 Å². The first-order chi connectivity index (χ1) is 5.81. The molecular formula is C9H11NO2. The third kappa shape index (κ3) is 1.07. The highest BCUT2D eigenvalue weighted by atomic mass is 16.5. The molecule has 1 heterocycles. The van der Waals surface area contributed by atoms with E-state index in [1.165, 1.54) is 0 Å². The molecule has 0 bridgehead atoms. The first kappa shape index (κ1) is 7.58. The van der Waals surface area contributed by atoms with Gasteiger partial charge in [0.25, 0.3) is 0 Å². The van der Waals surface area contributed by atoms with Crippen LogP contribution in [0.15, 0.2) is 18.2 Å². The van der Waals surface area contributed by atoms with E-state index in [9.17, 15) is 5.11 Å². The first-order valence-corrected chi connectivity index (χ1v) is 3.95. The maximum atomic E-state index is 9.39. The van der Waals surface area contributed by atoms with Crippen molar-refractivity contribution in [3.63, 3.8) is 0 Å². The van der Waals surface area contributed by atoms with Gasteiger partial charge in [-0.25, -0.2) is 0 Å². The predicted octanol–water partition coefficient (Wildman–Crippen LogP) is 0.571. The van der Waals surface area contributed by atoms with Crippen LogP contribution in [0.25, 0.3) is 0 Å². The Labute approximate surface area is 70.8 Å². The van der Waals surface area contributed by atoms with E-state index in [2.05, 4.69) is 0 Å². The molecule has 0 saturated heterocycles. The Kier molecular flexibility index (Phi) is 1.75. The fourth-order valence-electron chi connectivity index (χ4n) is 1.36. The Morgan fingerprint density at radius 3 is 3.17 bits per heavy atom. The summed E-state index contributed by atoms with van der Waals surface area (Å²) in [5, 5.41) is 9.39. The fraction of sp³-hybridized carbons (Fsp3) is 0.333. The molecule has 12 heavy (non-hydrogen) atoms. The number of nitrogens with two attached hydrogens (primary N) is 1. The molecule has 1 atom stereocenters. The van der Waals surface area contributed by atoms with Gasteiger partial charge in [0.2, 0.25) is 0 Å². The molecule has 1 aliphatic rings. The normalized spacial score (nSPS) is 20.3. The van der Waals surface area contributed by atoms with E-state index in [1.54, 1.807) is 0 Å². The smallest absolute Gasteiger partial charge is 0.125 e. The fourth-order valence-corrected chi connectivity index (χ4v) is 1.36. The molecule has 64 valence electrons. The van der Waals surface area contributed by atoms with E-state index >= 15 is 0 Å². The third-order valence-corrected chi connectivity index (χ3v) is 2.07. The van der Waals surface area contributed by atoms with Crippen LogP contribution in [0, 0.1) is 0 Å². The molecule has 3 heteroatoms. The minimum Gasteiger partial charge on any atom is -0.490 e. The molecule has 0 aliphatic carbocycles. The van der Waals surface area contributed by atoms with Crippen molar-refractivity contribution in [1.29, 1.82) is 0 Å². The average Bonchev–Trinajstić information content (AvgIpc) is 2.47. The van der Waals surface area contributed by atoms with Gasteiger partial charge >= 0.3 is 0 Å². The van der Waals surface area contributed by atoms with Gasteiger partial charge in [0, 0.05) is 12.1 Å². The van der Waals surface area contributed by atoms with Gasteiger partial charge in [0.1, 0.15) is 18.5 Å². The minimum atomic E-state index is -0.466. The van der Waals surface area contributed by atoms with Gasteiger partial charge < -0.3 is 15.6 Å². The number of rotatable bonds is 1. The molecule has 0 amide bonds. The SMILES string of the molecule is NCc1ccc2c(c1)OCC2O. The van der Waals surface area contributed by atoms with Crippen molar-refractivity contribution in [1.82, 2.24) is 0 Å². The quantitative estimate of drug-likeness (QED) is 0.639. The summed E-state index contributed by atoms with van der Waals surface area (Å²) in [6, 6.07) is 5.66. The Morgan fingerprint density at radius 2 is 2.42 bits per heavy atom. The lowest BCUT2D eigenvalue weighted by Gasteiger charge is -2.01. The predicted molar refractivity (Wildman–Crippen MR) is 44.8 cm³/mol. The van der Waals surface area contributed by atoms with Crippen LogP contribution in [0.1, 0.15) is 17.2 Å². The van der Waals surface area contributed by atoms with Gasteiger partial charge in [0.05, 0.1) is 0 Å². The molecule has 0 spiro atoms. The summed E-state index contributed by atoms with van der Waals surface area (Å²) in [5.74, 6) is 0.769. The van der Waals surface area contributed by atoms with Crippen molar-refractivity contribution in [3.05, 3.63) is 29.3 Å². The van der Waals surface area contributed by atoms with Gasteiger partial charge in [-0.1, -0.05) is 12.1 Å². The highest BCUT2D eigenvalue weighted by Crippen LogP contribution is 2.32. The molecule has 0 saturated carbocycles. The van der Waals surface area contributed by atoms with Gasteiger partial charge in [0.15, 0.2) is 0 Å². The van der Waals surface area contributed by atoms with Crippen LogP contribution in [-0.4, -0.2) is 11.7 Å². The van der Waals surface area contributed by atoms with Crippen molar-refractivity contribution < 1.29 is 9.84 Å². The number of hydrogen-bond donors (Lipinski definition) is 2. The van der Waals surface area contributed by atoms with Crippen molar-refractivity contribution in [2.75, 3.05) is 6.61 Å². The lowest BCUT2D eigenvalue weighted by molar-refractivity contribution is 0.140. The molecular weight excluding hydrogens is 154 g/mol. The van der Waals surface area contributed by atoms with Crippen LogP contribution in [-0.2, 0) is 6.54 Å². The number of benzene rings is 1. The zero-order chi connectivity index (χ0) is 8.55. The van der Waals surface area contributed by atoms with Crippen LogP contribution in [0.5, 0.6) is 5.75 Å².